The summed E-state index contributed by atoms with van der Waals surface area (Å²) in [5.41, 5.74) is 6.12. The van der Waals surface area contributed by atoms with Gasteiger partial charge in [-0.25, -0.2) is 0 Å². The van der Waals surface area contributed by atoms with Crippen molar-refractivity contribution in [1.29, 1.82) is 0 Å². The van der Waals surface area contributed by atoms with E-state index < -0.39 is 11.8 Å². The Labute approximate surface area is 179 Å². The van der Waals surface area contributed by atoms with Crippen LogP contribution in [0, 0.1) is 0 Å². The molecular weight excluding hydrogens is 462 g/mol. The molecule has 7 nitrogen and oxygen atoms in total. The third-order valence-electron chi connectivity index (χ3n) is 3.77. The molecule has 148 valence electrons. The summed E-state index contributed by atoms with van der Waals surface area (Å²) in [6.45, 7) is 0. The Bertz CT molecular complexity index is 1050. The number of anilines is 1. The average Bonchev–Trinajstić information content (AvgIpc) is 3.15. The summed E-state index contributed by atoms with van der Waals surface area (Å²) in [4.78, 5) is 36.4. The van der Waals surface area contributed by atoms with Crippen LogP contribution in [0.4, 0.5) is 5.69 Å². The molecule has 0 aliphatic rings. The van der Waals surface area contributed by atoms with Crippen molar-refractivity contribution in [2.24, 2.45) is 0 Å². The van der Waals surface area contributed by atoms with Gasteiger partial charge in [0.05, 0.1) is 6.42 Å². The number of amides is 3. The van der Waals surface area contributed by atoms with Crippen LogP contribution in [0.1, 0.15) is 26.5 Å². The van der Waals surface area contributed by atoms with Crippen molar-refractivity contribution < 1.29 is 18.8 Å². The van der Waals surface area contributed by atoms with Gasteiger partial charge < -0.3 is 9.73 Å². The number of carbonyl (C=O) groups excluding carboxylic acids is 3. The van der Waals surface area contributed by atoms with Gasteiger partial charge in [-0.15, -0.1) is 0 Å². The molecule has 29 heavy (non-hydrogen) atoms. The van der Waals surface area contributed by atoms with E-state index in [0.717, 1.165) is 5.56 Å². The summed E-state index contributed by atoms with van der Waals surface area (Å²) >= 11 is 8.94. The number of hydrazine groups is 1. The smallest absolute Gasteiger partial charge is 0.291 e. The van der Waals surface area contributed by atoms with E-state index in [1.54, 1.807) is 48.5 Å². The second-order valence-corrected chi connectivity index (χ2v) is 7.16. The van der Waals surface area contributed by atoms with E-state index in [0.29, 0.717) is 15.4 Å². The van der Waals surface area contributed by atoms with Gasteiger partial charge in [-0.3, -0.25) is 25.2 Å². The van der Waals surface area contributed by atoms with Crippen molar-refractivity contribution in [3.05, 3.63) is 87.2 Å². The second-order valence-electron chi connectivity index (χ2n) is 5.94. The van der Waals surface area contributed by atoms with E-state index in [1.165, 1.54) is 12.1 Å². The number of halogens is 2. The lowest BCUT2D eigenvalue weighted by Gasteiger charge is -2.09. The van der Waals surface area contributed by atoms with E-state index in [-0.39, 0.29) is 23.7 Å². The normalized spacial score (nSPS) is 10.3. The first kappa shape index (κ1) is 20.6. The lowest BCUT2D eigenvalue weighted by molar-refractivity contribution is -0.121. The zero-order valence-corrected chi connectivity index (χ0v) is 17.2. The highest BCUT2D eigenvalue weighted by atomic mass is 79.9. The van der Waals surface area contributed by atoms with Crippen molar-refractivity contribution in [3.8, 4) is 0 Å². The number of nitrogens with one attached hydrogen (secondary N) is 3. The minimum atomic E-state index is -0.522. The monoisotopic (exact) mass is 475 g/mol. The molecule has 0 aliphatic carbocycles. The van der Waals surface area contributed by atoms with Gasteiger partial charge in [0.1, 0.15) is 0 Å². The fourth-order valence-electron chi connectivity index (χ4n) is 2.40. The molecule has 0 radical (unpaired) electrons. The second kappa shape index (κ2) is 9.40. The largest absolute Gasteiger partial charge is 0.444 e. The molecule has 0 aliphatic heterocycles. The summed E-state index contributed by atoms with van der Waals surface area (Å²) in [5, 5.41) is 3.22. The topological polar surface area (TPSA) is 100 Å². The summed E-state index contributed by atoms with van der Waals surface area (Å²) in [6.07, 6.45) is 0.0895. The molecule has 3 aromatic rings. The highest BCUT2D eigenvalue weighted by Crippen LogP contribution is 2.17. The average molecular weight is 477 g/mol. The lowest BCUT2D eigenvalue weighted by Crippen LogP contribution is -2.42. The zero-order chi connectivity index (χ0) is 20.8. The maximum Gasteiger partial charge on any atom is 0.291 e. The minimum Gasteiger partial charge on any atom is -0.444 e. The van der Waals surface area contributed by atoms with Crippen LogP contribution in [-0.2, 0) is 11.2 Å². The van der Waals surface area contributed by atoms with Crippen LogP contribution < -0.4 is 16.2 Å². The van der Waals surface area contributed by atoms with Crippen molar-refractivity contribution in [2.75, 3.05) is 5.32 Å². The molecule has 0 fully saturated rings. The van der Waals surface area contributed by atoms with Crippen molar-refractivity contribution in [2.45, 2.75) is 6.42 Å². The summed E-state index contributed by atoms with van der Waals surface area (Å²) in [6, 6.07) is 16.2. The zero-order valence-electron chi connectivity index (χ0n) is 14.9. The van der Waals surface area contributed by atoms with Crippen molar-refractivity contribution in [3.63, 3.8) is 0 Å². The van der Waals surface area contributed by atoms with Crippen LogP contribution in [0.5, 0.6) is 0 Å². The van der Waals surface area contributed by atoms with Gasteiger partial charge in [-0.1, -0.05) is 29.8 Å². The molecule has 0 atom stereocenters. The van der Waals surface area contributed by atoms with Crippen LogP contribution in [0.25, 0.3) is 0 Å². The van der Waals surface area contributed by atoms with Crippen molar-refractivity contribution >= 4 is 50.9 Å². The number of hydrogen-bond donors (Lipinski definition) is 3. The Hall–Kier alpha value is -3.10. The van der Waals surface area contributed by atoms with Crippen molar-refractivity contribution in [1.82, 2.24) is 10.9 Å². The van der Waals surface area contributed by atoms with Gasteiger partial charge >= 0.3 is 0 Å². The molecule has 0 unspecified atom stereocenters. The molecule has 0 saturated carbocycles. The Kier molecular flexibility index (Phi) is 6.69. The fraction of sp³-hybridized carbons (Fsp3) is 0.0500. The summed E-state index contributed by atoms with van der Waals surface area (Å²) in [5.74, 6) is -1.23. The van der Waals surface area contributed by atoms with Gasteiger partial charge in [0.15, 0.2) is 10.4 Å². The fourth-order valence-corrected chi connectivity index (χ4v) is 2.83. The molecule has 0 bridgehead atoms. The van der Waals surface area contributed by atoms with E-state index in [4.69, 9.17) is 16.0 Å². The third kappa shape index (κ3) is 5.94. The van der Waals surface area contributed by atoms with Gasteiger partial charge in [0, 0.05) is 16.3 Å². The number of rotatable bonds is 5. The van der Waals surface area contributed by atoms with Crippen LogP contribution >= 0.6 is 27.5 Å². The summed E-state index contributed by atoms with van der Waals surface area (Å²) in [7, 11) is 0. The molecule has 9 heteroatoms. The quantitative estimate of drug-likeness (QED) is 0.485. The first-order valence-corrected chi connectivity index (χ1v) is 9.58. The number of furan rings is 1. The van der Waals surface area contributed by atoms with Gasteiger partial charge in [-0.2, -0.15) is 0 Å². The molecule has 3 rings (SSSR count). The van der Waals surface area contributed by atoms with E-state index in [1.807, 2.05) is 0 Å². The first-order chi connectivity index (χ1) is 13.9. The highest BCUT2D eigenvalue weighted by molar-refractivity contribution is 9.10. The van der Waals surface area contributed by atoms with Gasteiger partial charge in [-0.05, 0) is 64.0 Å². The van der Waals surface area contributed by atoms with Crippen LogP contribution in [0.3, 0.4) is 0 Å². The molecule has 2 aromatic carbocycles. The SMILES string of the molecule is O=C(Cc1ccc(Cl)cc1)NNC(=O)c1cccc(NC(=O)c2ccc(Br)o2)c1. The minimum absolute atomic E-state index is 0.0895. The van der Waals surface area contributed by atoms with Crippen LogP contribution in [-0.4, -0.2) is 17.7 Å². The van der Waals surface area contributed by atoms with Gasteiger partial charge in [0.25, 0.3) is 11.8 Å². The maximum absolute atomic E-state index is 12.3. The molecule has 3 amide bonds. The molecule has 0 saturated heterocycles. The molecule has 1 heterocycles. The number of benzene rings is 2. The van der Waals surface area contributed by atoms with Gasteiger partial charge in [0.2, 0.25) is 5.91 Å². The molecule has 1 aromatic heterocycles. The Morgan fingerprint density at radius 2 is 1.69 bits per heavy atom. The predicted molar refractivity (Wildman–Crippen MR) is 112 cm³/mol. The predicted octanol–water partition coefficient (Wildman–Crippen LogP) is 3.95. The van der Waals surface area contributed by atoms with Crippen LogP contribution in [0.15, 0.2) is 69.8 Å². The Morgan fingerprint density at radius 3 is 2.38 bits per heavy atom. The maximum atomic E-state index is 12.3. The lowest BCUT2D eigenvalue weighted by atomic mass is 10.1. The Balaban J connectivity index is 1.55. The number of hydrogen-bond acceptors (Lipinski definition) is 4. The molecule has 3 N–H and O–H groups in total. The van der Waals surface area contributed by atoms with E-state index >= 15 is 0 Å². The third-order valence-corrected chi connectivity index (χ3v) is 4.45. The molecular formula is C20H15BrClN3O4. The first-order valence-electron chi connectivity index (χ1n) is 8.41. The number of carbonyl (C=O) groups is 3. The summed E-state index contributed by atoms with van der Waals surface area (Å²) < 4.78 is 5.62. The van der Waals surface area contributed by atoms with Crippen LogP contribution in [0.2, 0.25) is 5.02 Å². The van der Waals surface area contributed by atoms with E-state index in [9.17, 15) is 14.4 Å². The van der Waals surface area contributed by atoms with E-state index in [2.05, 4.69) is 32.1 Å². The standard InChI is InChI=1S/C20H15BrClN3O4/c21-17-9-8-16(29-17)20(28)23-15-3-1-2-13(11-15)19(27)25-24-18(26)10-12-4-6-14(22)7-5-12/h1-9,11H,10H2,(H,23,28)(H,24,26)(H,25,27). The Morgan fingerprint density at radius 1 is 0.931 bits per heavy atom. The highest BCUT2D eigenvalue weighted by Gasteiger charge is 2.13. The molecule has 0 spiro atoms.